The Morgan fingerprint density at radius 1 is 0.511 bits per heavy atom. The lowest BCUT2D eigenvalue weighted by Gasteiger charge is -2.28. The summed E-state index contributed by atoms with van der Waals surface area (Å²) in [6, 6.07) is -16.0. The van der Waals surface area contributed by atoms with Crippen LogP contribution in [0.1, 0.15) is 88.7 Å². The number of aromatic nitrogens is 6. The molecule has 0 unspecified atom stereocenters. The number of nitrogens with one attached hydrogen (secondary N) is 12. The van der Waals surface area contributed by atoms with Crippen LogP contribution in [0.5, 0.6) is 0 Å². The van der Waals surface area contributed by atoms with E-state index in [1.807, 2.05) is 0 Å². The standard InChI is InChI=1S/C51H82N22O15/c1-3-25(2)40(50(87)88)73-47(84)35(16-39(55)77)70-45(82)34(15-28-19-60-24-64-28)68-42(79)30(8-6-12-61-51(56)57)65-48(85)36(20-74)71-43(80)31(9-10-38(54)76)66-44(81)33(14-27-18-59-23-63-27)69-49(86)37(21-75)72-46(83)32(13-26-17-58-22-62-26)67-41(78)29(53)7-4-5-11-52/h17-19,22-25,29-37,40,74-75H,3-16,20-21,52-53H2,1-2H3,(H2,54,76)(H2,55,77)(H,58,62)(H,59,63)(H,60,64)(H,65,85)(H,66,81)(H,67,78)(H,68,79)(H,69,86)(H,70,82)(H,71,80)(H,72,83)(H,73,84)(H,87,88)(H4,56,57,61)/t25-,29-,30-,31-,32-,33-,34-,35-,36-,37-,40-/m0/s1. The molecule has 3 heterocycles. The van der Waals surface area contributed by atoms with E-state index in [1.165, 1.54) is 37.6 Å². The van der Waals surface area contributed by atoms with Gasteiger partial charge in [-0.3, -0.25) is 57.7 Å². The molecule has 0 radical (unpaired) electrons. The number of H-pyrrole nitrogens is 3. The Balaban J connectivity index is 1.90. The number of amides is 11. The second-order valence-corrected chi connectivity index (χ2v) is 20.4. The number of unbranched alkanes of at least 4 members (excludes halogenated alkanes) is 1. The highest BCUT2D eigenvalue weighted by Crippen LogP contribution is 2.12. The van der Waals surface area contributed by atoms with Gasteiger partial charge in [0.2, 0.25) is 65.0 Å². The third-order valence-electron chi connectivity index (χ3n) is 13.5. The highest BCUT2D eigenvalue weighted by molar-refractivity contribution is 5.99. The van der Waals surface area contributed by atoms with Crippen molar-refractivity contribution in [2.75, 3.05) is 26.3 Å². The van der Waals surface area contributed by atoms with Crippen molar-refractivity contribution in [3.05, 3.63) is 54.7 Å². The van der Waals surface area contributed by atoms with Crippen molar-refractivity contribution in [3.8, 4) is 0 Å². The van der Waals surface area contributed by atoms with Crippen LogP contribution in [0.25, 0.3) is 0 Å². The molecule has 3 aromatic heterocycles. The predicted molar refractivity (Wildman–Crippen MR) is 309 cm³/mol. The molecule has 0 bridgehead atoms. The second-order valence-electron chi connectivity index (χ2n) is 20.4. The molecule has 0 aliphatic heterocycles. The van der Waals surface area contributed by atoms with Crippen molar-refractivity contribution >= 4 is 76.9 Å². The number of hydrogen-bond acceptors (Lipinski definition) is 20. The number of carboxylic acid groups (broad SMARTS) is 1. The fourth-order valence-corrected chi connectivity index (χ4v) is 8.36. The molecule has 486 valence electrons. The van der Waals surface area contributed by atoms with Gasteiger partial charge in [0.15, 0.2) is 5.96 Å². The molecule has 0 spiro atoms. The van der Waals surface area contributed by atoms with Gasteiger partial charge in [0.1, 0.15) is 54.4 Å². The Kier molecular flexibility index (Phi) is 31.1. The van der Waals surface area contributed by atoms with E-state index >= 15 is 0 Å². The van der Waals surface area contributed by atoms with Gasteiger partial charge in [0, 0.05) is 67.9 Å². The van der Waals surface area contributed by atoms with E-state index in [0.29, 0.717) is 31.5 Å². The number of carbonyl (C=O) groups is 12. The number of primary amides is 2. The maximum absolute atomic E-state index is 14.3. The first-order valence-electron chi connectivity index (χ1n) is 28.0. The Hall–Kier alpha value is -9.62. The smallest absolute Gasteiger partial charge is 0.326 e. The number of aliphatic imine (C=N–C) groups is 1. The van der Waals surface area contributed by atoms with Crippen LogP contribution in [-0.2, 0) is 76.8 Å². The third kappa shape index (κ3) is 25.5. The summed E-state index contributed by atoms with van der Waals surface area (Å²) in [6.07, 6.45) is 6.38. The number of nitrogens with two attached hydrogens (primary N) is 6. The molecule has 0 aliphatic rings. The summed E-state index contributed by atoms with van der Waals surface area (Å²) < 4.78 is 0. The number of carboxylic acids is 1. The molecule has 0 aromatic carbocycles. The van der Waals surface area contributed by atoms with E-state index in [4.69, 9.17) is 34.4 Å². The molecule has 0 saturated carbocycles. The number of aromatic amines is 3. The Morgan fingerprint density at radius 2 is 0.898 bits per heavy atom. The molecular formula is C51H82N22O15. The number of carbonyl (C=O) groups excluding carboxylic acids is 11. The molecule has 11 amide bonds. The van der Waals surface area contributed by atoms with Crippen LogP contribution in [0.15, 0.2) is 42.6 Å². The van der Waals surface area contributed by atoms with Gasteiger partial charge in [0.05, 0.1) is 44.7 Å². The first kappa shape index (κ1) is 72.6. The van der Waals surface area contributed by atoms with E-state index < -0.39 is 170 Å². The summed E-state index contributed by atoms with van der Waals surface area (Å²) in [4.78, 5) is 185. The fourth-order valence-electron chi connectivity index (χ4n) is 8.36. The predicted octanol–water partition coefficient (Wildman–Crippen LogP) is -8.99. The Bertz CT molecular complexity index is 2800. The van der Waals surface area contributed by atoms with Gasteiger partial charge >= 0.3 is 5.97 Å². The lowest BCUT2D eigenvalue weighted by atomic mass is 9.98. The molecule has 3 aromatic rings. The summed E-state index contributed by atoms with van der Waals surface area (Å²) in [6.45, 7) is 1.29. The highest BCUT2D eigenvalue weighted by Gasteiger charge is 2.37. The van der Waals surface area contributed by atoms with Gasteiger partial charge < -0.3 is 113 Å². The van der Waals surface area contributed by atoms with E-state index in [0.717, 1.165) is 0 Å². The molecule has 0 saturated heterocycles. The van der Waals surface area contributed by atoms with Crippen molar-refractivity contribution in [2.45, 2.75) is 151 Å². The molecule has 37 nitrogen and oxygen atoms in total. The molecule has 0 aliphatic carbocycles. The normalized spacial score (nSPS) is 14.8. The zero-order chi connectivity index (χ0) is 65.5. The van der Waals surface area contributed by atoms with Crippen molar-refractivity contribution in [2.24, 2.45) is 45.3 Å². The third-order valence-corrected chi connectivity index (χ3v) is 13.5. The van der Waals surface area contributed by atoms with Crippen LogP contribution >= 0.6 is 0 Å². The maximum atomic E-state index is 14.3. The number of nitrogens with zero attached hydrogens (tertiary/aromatic N) is 4. The monoisotopic (exact) mass is 1240 g/mol. The lowest BCUT2D eigenvalue weighted by molar-refractivity contribution is -0.144. The topological polar surface area (TPSA) is 628 Å². The number of imidazole rings is 3. The number of rotatable bonds is 42. The Labute approximate surface area is 503 Å². The van der Waals surface area contributed by atoms with E-state index in [1.54, 1.807) is 13.8 Å². The fraction of sp³-hybridized carbons (Fsp3) is 0.569. The SMILES string of the molecule is CC[C@H](C)[C@H](NC(=O)[C@H](CC(N)=O)NC(=O)[C@H](Cc1cnc[nH]1)NC(=O)[C@H](CCCN=C(N)N)NC(=O)[C@H](CO)NC(=O)[C@H](CCC(N)=O)NC(=O)[C@H](Cc1cnc[nH]1)NC(=O)[C@H](CO)NC(=O)[C@H](Cc1cnc[nH]1)NC(=O)[C@@H](N)CCCCN)C(=O)O. The largest absolute Gasteiger partial charge is 0.480 e. The minimum absolute atomic E-state index is 0.0231. The van der Waals surface area contributed by atoms with E-state index in [-0.39, 0.29) is 62.4 Å². The zero-order valence-electron chi connectivity index (χ0n) is 48.6. The number of hydrogen-bond donors (Lipinski definition) is 21. The number of aliphatic hydroxyl groups excluding tert-OH is 2. The lowest BCUT2D eigenvalue weighted by Crippen LogP contribution is -2.62. The Morgan fingerprint density at radius 3 is 1.27 bits per heavy atom. The summed E-state index contributed by atoms with van der Waals surface area (Å²) in [5, 5.41) is 52.2. The summed E-state index contributed by atoms with van der Waals surface area (Å²) in [7, 11) is 0. The number of guanidine groups is 1. The zero-order valence-corrected chi connectivity index (χ0v) is 48.6. The molecule has 3 rings (SSSR count). The first-order chi connectivity index (χ1) is 41.8. The van der Waals surface area contributed by atoms with Crippen molar-refractivity contribution in [1.82, 2.24) is 77.8 Å². The summed E-state index contributed by atoms with van der Waals surface area (Å²) in [5.74, 6) is -13.9. The van der Waals surface area contributed by atoms with Gasteiger partial charge in [-0.25, -0.2) is 19.7 Å². The van der Waals surface area contributed by atoms with Crippen molar-refractivity contribution in [1.29, 1.82) is 0 Å². The second kappa shape index (κ2) is 37.7. The van der Waals surface area contributed by atoms with Crippen LogP contribution in [0.3, 0.4) is 0 Å². The average Bonchev–Trinajstić information content (AvgIpc) is 4.41. The van der Waals surface area contributed by atoms with Gasteiger partial charge in [-0.05, 0) is 44.6 Å². The summed E-state index contributed by atoms with van der Waals surface area (Å²) in [5.41, 5.74) is 34.3. The highest BCUT2D eigenvalue weighted by atomic mass is 16.4. The van der Waals surface area contributed by atoms with Crippen LogP contribution in [0, 0.1) is 5.92 Å². The summed E-state index contributed by atoms with van der Waals surface area (Å²) >= 11 is 0. The molecule has 88 heavy (non-hydrogen) atoms. The van der Waals surface area contributed by atoms with Crippen LogP contribution < -0.4 is 82.3 Å². The number of aliphatic carboxylic acids is 1. The van der Waals surface area contributed by atoms with Gasteiger partial charge in [-0.2, -0.15) is 0 Å². The van der Waals surface area contributed by atoms with Crippen LogP contribution in [0.4, 0.5) is 0 Å². The minimum atomic E-state index is -1.93. The van der Waals surface area contributed by atoms with Crippen LogP contribution in [0.2, 0.25) is 0 Å². The molecule has 11 atom stereocenters. The van der Waals surface area contributed by atoms with Gasteiger partial charge in [0.25, 0.3) is 0 Å². The first-order valence-corrected chi connectivity index (χ1v) is 28.0. The van der Waals surface area contributed by atoms with Crippen molar-refractivity contribution in [3.63, 3.8) is 0 Å². The van der Waals surface area contributed by atoms with Gasteiger partial charge in [-0.1, -0.05) is 26.7 Å². The van der Waals surface area contributed by atoms with E-state index in [2.05, 4.69) is 82.7 Å². The van der Waals surface area contributed by atoms with Crippen LogP contribution in [-0.4, -0.2) is 209 Å². The van der Waals surface area contributed by atoms with Crippen molar-refractivity contribution < 1.29 is 72.9 Å². The maximum Gasteiger partial charge on any atom is 0.326 e. The minimum Gasteiger partial charge on any atom is -0.480 e. The molecular weight excluding hydrogens is 1160 g/mol. The van der Waals surface area contributed by atoms with E-state index in [9.17, 15) is 72.9 Å². The quantitative estimate of drug-likeness (QED) is 0.0142. The van der Waals surface area contributed by atoms with Gasteiger partial charge in [-0.15, -0.1) is 0 Å². The molecule has 27 N–H and O–H groups in total. The number of aliphatic hydroxyl groups is 2. The molecule has 0 fully saturated rings. The average molecular weight is 1240 g/mol. The molecule has 37 heteroatoms.